The first-order valence-corrected chi connectivity index (χ1v) is 5.33. The minimum absolute atomic E-state index is 0.187. The van der Waals surface area contributed by atoms with Crippen molar-refractivity contribution in [1.82, 2.24) is 5.27 Å². The Morgan fingerprint density at radius 1 is 1.59 bits per heavy atom. The van der Waals surface area contributed by atoms with Gasteiger partial charge in [-0.1, -0.05) is 0 Å². The van der Waals surface area contributed by atoms with Gasteiger partial charge in [-0.25, -0.2) is 4.79 Å². The van der Waals surface area contributed by atoms with Gasteiger partial charge in [-0.05, 0) is 6.92 Å². The summed E-state index contributed by atoms with van der Waals surface area (Å²) < 4.78 is 14.4. The molecule has 1 saturated heterocycles. The zero-order valence-corrected chi connectivity index (χ0v) is 9.42. The highest BCUT2D eigenvalue weighted by Gasteiger charge is 2.33. The molecule has 0 amide bonds. The Balaban J connectivity index is 2.24. The molecule has 0 radical (unpaired) electrons. The van der Waals surface area contributed by atoms with Gasteiger partial charge in [0.1, 0.15) is 5.27 Å². The molecule has 0 saturated carbocycles. The highest BCUT2D eigenvalue weighted by atomic mass is 16.6. The lowest BCUT2D eigenvalue weighted by atomic mass is 10.4. The maximum Gasteiger partial charge on any atom is 0.411 e. The molecule has 0 bridgehead atoms. The maximum absolute atomic E-state index is 11.6. The van der Waals surface area contributed by atoms with Gasteiger partial charge in [0, 0.05) is 0 Å². The van der Waals surface area contributed by atoms with Crippen molar-refractivity contribution >= 4 is 5.97 Å². The van der Waals surface area contributed by atoms with Gasteiger partial charge >= 0.3 is 11.7 Å². The highest BCUT2D eigenvalue weighted by Crippen LogP contribution is 2.09. The molecule has 17 heavy (non-hydrogen) atoms. The van der Waals surface area contributed by atoms with Crippen LogP contribution in [0.2, 0.25) is 0 Å². The number of morpholine rings is 1. The molecule has 1 fully saturated rings. The first-order valence-electron chi connectivity index (χ1n) is 5.33. The molecular weight excluding hydrogens is 230 g/mol. The van der Waals surface area contributed by atoms with Crippen LogP contribution >= 0.6 is 0 Å². The number of rotatable bonds is 3. The SMILES string of the molecule is CCOC(=O)c1c([O-])on[n+]1N1CCOCC1. The first kappa shape index (κ1) is 11.6. The highest BCUT2D eigenvalue weighted by molar-refractivity contribution is 5.87. The zero-order valence-electron chi connectivity index (χ0n) is 9.42. The second-order valence-corrected chi connectivity index (χ2v) is 3.38. The molecule has 8 nitrogen and oxygen atoms in total. The van der Waals surface area contributed by atoms with Gasteiger partial charge in [0.25, 0.3) is 0 Å². The lowest BCUT2D eigenvalue weighted by Crippen LogP contribution is -2.65. The zero-order chi connectivity index (χ0) is 12.3. The van der Waals surface area contributed by atoms with Crippen LogP contribution in [-0.4, -0.2) is 44.2 Å². The van der Waals surface area contributed by atoms with E-state index >= 15 is 0 Å². The Kier molecular flexibility index (Phi) is 3.43. The third kappa shape index (κ3) is 2.31. The van der Waals surface area contributed by atoms with Gasteiger partial charge in [-0.15, -0.1) is 5.01 Å². The van der Waals surface area contributed by atoms with Gasteiger partial charge in [-0.3, -0.25) is 0 Å². The molecule has 0 aromatic carbocycles. The summed E-state index contributed by atoms with van der Waals surface area (Å²) in [6.45, 7) is 3.93. The Morgan fingerprint density at radius 2 is 2.29 bits per heavy atom. The lowest BCUT2D eigenvalue weighted by Gasteiger charge is -2.20. The summed E-state index contributed by atoms with van der Waals surface area (Å²) in [5.41, 5.74) is -0.214. The Morgan fingerprint density at radius 3 is 2.94 bits per heavy atom. The second kappa shape index (κ2) is 5.00. The van der Waals surface area contributed by atoms with Gasteiger partial charge in [-0.2, -0.15) is 0 Å². The van der Waals surface area contributed by atoms with E-state index < -0.39 is 11.9 Å². The number of carbonyl (C=O) groups excluding carboxylic acids is 1. The van der Waals surface area contributed by atoms with Crippen molar-refractivity contribution in [3.8, 4) is 5.95 Å². The normalized spacial score (nSPS) is 15.9. The number of nitrogens with zero attached hydrogens (tertiary/aromatic N) is 3. The van der Waals surface area contributed by atoms with E-state index in [-0.39, 0.29) is 12.3 Å². The van der Waals surface area contributed by atoms with E-state index in [1.165, 1.54) is 0 Å². The Hall–Kier alpha value is -1.83. The van der Waals surface area contributed by atoms with Gasteiger partial charge < -0.3 is 19.1 Å². The van der Waals surface area contributed by atoms with Crippen LogP contribution in [-0.2, 0) is 9.47 Å². The van der Waals surface area contributed by atoms with Crippen LogP contribution in [0, 0.1) is 0 Å². The summed E-state index contributed by atoms with van der Waals surface area (Å²) in [7, 11) is 0. The molecule has 1 aromatic heterocycles. The minimum Gasteiger partial charge on any atom is -0.538 e. The molecule has 94 valence electrons. The van der Waals surface area contributed by atoms with E-state index in [1.807, 2.05) is 0 Å². The van der Waals surface area contributed by atoms with Crippen molar-refractivity contribution in [2.45, 2.75) is 6.92 Å². The molecule has 2 rings (SSSR count). The van der Waals surface area contributed by atoms with E-state index in [1.54, 1.807) is 11.9 Å². The third-order valence-electron chi connectivity index (χ3n) is 2.32. The summed E-state index contributed by atoms with van der Waals surface area (Å²) in [4.78, 5) is 12.7. The largest absolute Gasteiger partial charge is 0.538 e. The van der Waals surface area contributed by atoms with Crippen LogP contribution < -0.4 is 14.9 Å². The van der Waals surface area contributed by atoms with Crippen molar-refractivity contribution in [1.29, 1.82) is 0 Å². The van der Waals surface area contributed by atoms with Gasteiger partial charge in [0.2, 0.25) is 0 Å². The number of ether oxygens (including phenoxy) is 2. The Bertz CT molecular complexity index is 399. The molecule has 8 heteroatoms. The fraction of sp³-hybridized carbons (Fsp3) is 0.667. The van der Waals surface area contributed by atoms with Crippen molar-refractivity contribution in [3.63, 3.8) is 0 Å². The van der Waals surface area contributed by atoms with Crippen LogP contribution in [0.25, 0.3) is 0 Å². The van der Waals surface area contributed by atoms with Gasteiger partial charge in [0.15, 0.2) is 5.95 Å². The third-order valence-corrected chi connectivity index (χ3v) is 2.32. The van der Waals surface area contributed by atoms with Gasteiger partial charge in [0.05, 0.1) is 37.7 Å². The average molecular weight is 243 g/mol. The summed E-state index contributed by atoms with van der Waals surface area (Å²) in [5, 5.41) is 16.6. The molecule has 1 aromatic rings. The minimum atomic E-state index is -0.796. The predicted octanol–water partition coefficient (Wildman–Crippen LogP) is -1.82. The number of aromatic nitrogens is 2. The van der Waals surface area contributed by atoms with E-state index in [4.69, 9.17) is 9.47 Å². The topological polar surface area (TPSA) is 91.7 Å². The monoisotopic (exact) mass is 243 g/mol. The van der Waals surface area contributed by atoms with E-state index in [9.17, 15) is 9.90 Å². The summed E-state index contributed by atoms with van der Waals surface area (Å²) in [6, 6.07) is 0. The van der Waals surface area contributed by atoms with Crippen molar-refractivity contribution < 1.29 is 28.7 Å². The summed E-state index contributed by atoms with van der Waals surface area (Å²) in [5.74, 6) is -1.53. The van der Waals surface area contributed by atoms with Crippen LogP contribution in [0.4, 0.5) is 0 Å². The van der Waals surface area contributed by atoms with Crippen molar-refractivity contribution in [2.75, 3.05) is 37.9 Å². The molecule has 0 unspecified atom stereocenters. The quantitative estimate of drug-likeness (QED) is 0.456. The number of esters is 1. The molecule has 0 N–H and O–H groups in total. The Labute approximate surface area is 97.3 Å². The molecule has 0 spiro atoms. The second-order valence-electron chi connectivity index (χ2n) is 3.38. The molecule has 1 aliphatic heterocycles. The number of carbonyl (C=O) groups is 1. The fourth-order valence-corrected chi connectivity index (χ4v) is 1.54. The standard InChI is InChI=1S/C9H13N3O5/c1-2-16-8(13)7-9(14)17-10-12(7)11-3-5-15-6-4-11/h2-6H2,1H3. The van der Waals surface area contributed by atoms with E-state index in [0.29, 0.717) is 26.3 Å². The van der Waals surface area contributed by atoms with E-state index in [0.717, 1.165) is 4.79 Å². The van der Waals surface area contributed by atoms with Crippen LogP contribution in [0.5, 0.6) is 5.95 Å². The predicted molar refractivity (Wildman–Crippen MR) is 50.9 cm³/mol. The summed E-state index contributed by atoms with van der Waals surface area (Å²) in [6.07, 6.45) is 0. The van der Waals surface area contributed by atoms with Crippen LogP contribution in [0.1, 0.15) is 17.4 Å². The van der Waals surface area contributed by atoms with Crippen LogP contribution in [0.15, 0.2) is 4.52 Å². The lowest BCUT2D eigenvalue weighted by molar-refractivity contribution is -0.761. The molecule has 0 atom stereocenters. The summed E-state index contributed by atoms with van der Waals surface area (Å²) >= 11 is 0. The molecular formula is C9H13N3O5. The first-order chi connectivity index (χ1) is 8.24. The fourth-order valence-electron chi connectivity index (χ4n) is 1.54. The van der Waals surface area contributed by atoms with Crippen molar-refractivity contribution in [2.24, 2.45) is 0 Å². The number of hydrogen-bond donors (Lipinski definition) is 0. The maximum atomic E-state index is 11.6. The van der Waals surface area contributed by atoms with E-state index in [2.05, 4.69) is 9.79 Å². The smallest absolute Gasteiger partial charge is 0.411 e. The molecule has 1 aliphatic rings. The van der Waals surface area contributed by atoms with Crippen molar-refractivity contribution in [3.05, 3.63) is 5.69 Å². The molecule has 0 aliphatic carbocycles. The number of hydrogen-bond acceptors (Lipinski definition) is 7. The molecule has 2 heterocycles. The van der Waals surface area contributed by atoms with Crippen LogP contribution in [0.3, 0.4) is 0 Å². The average Bonchev–Trinajstić information content (AvgIpc) is 2.73.